The summed E-state index contributed by atoms with van der Waals surface area (Å²) in [6.45, 7) is 1.58. The summed E-state index contributed by atoms with van der Waals surface area (Å²) < 4.78 is 37.5. The monoisotopic (exact) mass is 460 g/mol. The van der Waals surface area contributed by atoms with E-state index in [-0.39, 0.29) is 22.0 Å². The smallest absolute Gasteiger partial charge is 0.338 e. The Kier molecular flexibility index (Phi) is 7.26. The number of nitrogens with zero attached hydrogens (tertiary/aromatic N) is 1. The van der Waals surface area contributed by atoms with Gasteiger partial charge in [-0.2, -0.15) is 4.31 Å². The highest BCUT2D eigenvalue weighted by Crippen LogP contribution is 2.30. The Labute approximate surface area is 186 Å². The van der Waals surface area contributed by atoms with E-state index in [1.165, 1.54) is 36.5 Å². The summed E-state index contributed by atoms with van der Waals surface area (Å²) in [6, 6.07) is 10.4. The second kappa shape index (κ2) is 9.92. The fraction of sp³-hybridized carbons (Fsp3) is 0.318. The molecule has 1 saturated heterocycles. The van der Waals surface area contributed by atoms with Crippen molar-refractivity contribution in [3.05, 3.63) is 53.6 Å². The van der Waals surface area contributed by atoms with Crippen molar-refractivity contribution in [3.63, 3.8) is 0 Å². The average Bonchev–Trinajstić information content (AvgIpc) is 3.33. The molecule has 10 heteroatoms. The van der Waals surface area contributed by atoms with Gasteiger partial charge in [0.25, 0.3) is 5.91 Å². The van der Waals surface area contributed by atoms with E-state index in [2.05, 4.69) is 5.32 Å². The molecule has 0 bridgehead atoms. The lowest BCUT2D eigenvalue weighted by Crippen LogP contribution is -2.28. The fourth-order valence-electron chi connectivity index (χ4n) is 3.37. The first kappa shape index (κ1) is 23.4. The number of ether oxygens (including phenoxy) is 2. The minimum atomic E-state index is -3.83. The van der Waals surface area contributed by atoms with Gasteiger partial charge in [0.1, 0.15) is 10.6 Å². The maximum atomic E-state index is 12.9. The highest BCUT2D eigenvalue weighted by molar-refractivity contribution is 7.89. The second-order valence-electron chi connectivity index (χ2n) is 7.20. The van der Waals surface area contributed by atoms with Gasteiger partial charge < -0.3 is 14.8 Å². The molecule has 32 heavy (non-hydrogen) atoms. The van der Waals surface area contributed by atoms with E-state index in [1.54, 1.807) is 24.3 Å². The Balaban J connectivity index is 1.72. The molecule has 3 rings (SSSR count). The quantitative estimate of drug-likeness (QED) is 0.475. The Bertz CT molecular complexity index is 1140. The molecule has 1 aliphatic heterocycles. The summed E-state index contributed by atoms with van der Waals surface area (Å²) in [5.41, 5.74) is 0.615. The van der Waals surface area contributed by atoms with Gasteiger partial charge in [-0.15, -0.1) is 0 Å². The van der Waals surface area contributed by atoms with Crippen molar-refractivity contribution in [1.29, 1.82) is 0 Å². The molecule has 2 aromatic rings. The lowest BCUT2D eigenvalue weighted by Gasteiger charge is -2.18. The second-order valence-corrected chi connectivity index (χ2v) is 9.11. The molecule has 0 aromatic heterocycles. The van der Waals surface area contributed by atoms with Gasteiger partial charge in [0, 0.05) is 18.7 Å². The summed E-state index contributed by atoms with van der Waals surface area (Å²) in [4.78, 5) is 36.2. The van der Waals surface area contributed by atoms with Crippen LogP contribution in [0.4, 0.5) is 5.69 Å². The normalized spacial score (nSPS) is 14.1. The van der Waals surface area contributed by atoms with Crippen molar-refractivity contribution >= 4 is 33.4 Å². The van der Waals surface area contributed by atoms with Crippen molar-refractivity contribution in [2.45, 2.75) is 24.7 Å². The van der Waals surface area contributed by atoms with Crippen molar-refractivity contribution in [2.75, 3.05) is 32.1 Å². The maximum Gasteiger partial charge on any atom is 0.338 e. The number of methoxy groups -OCH3 is 1. The molecule has 0 atom stereocenters. The summed E-state index contributed by atoms with van der Waals surface area (Å²) in [5, 5.41) is 2.53. The number of carbonyl (C=O) groups is 3. The molecule has 2 aromatic carbocycles. The summed E-state index contributed by atoms with van der Waals surface area (Å²) >= 11 is 0. The number of ketones is 1. The molecule has 0 radical (unpaired) electrons. The molecule has 1 amide bonds. The van der Waals surface area contributed by atoms with Crippen LogP contribution < -0.4 is 10.1 Å². The third-order valence-electron chi connectivity index (χ3n) is 5.00. The number of anilines is 1. The van der Waals surface area contributed by atoms with Crippen LogP contribution in [0.1, 0.15) is 40.5 Å². The number of benzene rings is 2. The van der Waals surface area contributed by atoms with E-state index in [9.17, 15) is 22.8 Å². The Morgan fingerprint density at radius 2 is 1.75 bits per heavy atom. The zero-order valence-electron chi connectivity index (χ0n) is 17.8. The van der Waals surface area contributed by atoms with Crippen LogP contribution >= 0.6 is 0 Å². The molecular weight excluding hydrogens is 436 g/mol. The molecule has 9 nitrogen and oxygen atoms in total. The van der Waals surface area contributed by atoms with E-state index in [0.29, 0.717) is 24.3 Å². The van der Waals surface area contributed by atoms with Crippen LogP contribution in [0, 0.1) is 0 Å². The molecule has 1 aliphatic rings. The first-order chi connectivity index (χ1) is 15.2. The number of amides is 1. The van der Waals surface area contributed by atoms with Gasteiger partial charge in [0.15, 0.2) is 12.4 Å². The number of esters is 1. The van der Waals surface area contributed by atoms with Crippen LogP contribution in [-0.4, -0.2) is 57.2 Å². The van der Waals surface area contributed by atoms with Crippen LogP contribution in [0.5, 0.6) is 5.75 Å². The number of rotatable bonds is 8. The molecular formula is C22H24N2O7S. The van der Waals surface area contributed by atoms with Crippen LogP contribution in [0.15, 0.2) is 47.4 Å². The first-order valence-electron chi connectivity index (χ1n) is 9.99. The number of hydrogen-bond acceptors (Lipinski definition) is 7. The van der Waals surface area contributed by atoms with Crippen LogP contribution in [0.3, 0.4) is 0 Å². The average molecular weight is 461 g/mol. The molecule has 0 unspecified atom stereocenters. The minimum absolute atomic E-state index is 0.0273. The Hall–Kier alpha value is -3.24. The zero-order chi connectivity index (χ0) is 23.3. The highest BCUT2D eigenvalue weighted by atomic mass is 32.2. The topological polar surface area (TPSA) is 119 Å². The molecule has 0 saturated carbocycles. The van der Waals surface area contributed by atoms with Gasteiger partial charge in [0.2, 0.25) is 10.0 Å². The lowest BCUT2D eigenvalue weighted by atomic mass is 10.1. The summed E-state index contributed by atoms with van der Waals surface area (Å²) in [6.07, 6.45) is 1.54. The number of sulfonamides is 1. The number of para-hydroxylation sites is 1. The Morgan fingerprint density at radius 1 is 1.06 bits per heavy atom. The van der Waals surface area contributed by atoms with E-state index in [0.717, 1.165) is 12.8 Å². The third-order valence-corrected chi connectivity index (χ3v) is 6.92. The molecule has 1 heterocycles. The lowest BCUT2D eigenvalue weighted by molar-refractivity contribution is -0.119. The van der Waals surface area contributed by atoms with Gasteiger partial charge >= 0.3 is 5.97 Å². The SMILES string of the molecule is COc1ccc(C(=O)OCC(=O)Nc2ccccc2C(C)=O)cc1S(=O)(=O)N1CCCC1. The maximum absolute atomic E-state index is 12.9. The van der Waals surface area contributed by atoms with E-state index in [4.69, 9.17) is 9.47 Å². The predicted molar refractivity (Wildman–Crippen MR) is 116 cm³/mol. The number of hydrogen-bond donors (Lipinski definition) is 1. The van der Waals surface area contributed by atoms with Crippen molar-refractivity contribution in [2.24, 2.45) is 0 Å². The number of nitrogens with one attached hydrogen (secondary N) is 1. The highest BCUT2D eigenvalue weighted by Gasteiger charge is 2.31. The van der Waals surface area contributed by atoms with Gasteiger partial charge in [-0.3, -0.25) is 9.59 Å². The molecule has 170 valence electrons. The van der Waals surface area contributed by atoms with Crippen molar-refractivity contribution in [3.8, 4) is 5.75 Å². The van der Waals surface area contributed by atoms with Crippen LogP contribution in [-0.2, 0) is 19.6 Å². The number of carbonyl (C=O) groups excluding carboxylic acids is 3. The molecule has 0 spiro atoms. The number of Topliss-reactive ketones (excluding diaryl/α,β-unsaturated/α-hetero) is 1. The van der Waals surface area contributed by atoms with E-state index >= 15 is 0 Å². The predicted octanol–water partition coefficient (Wildman–Crippen LogP) is 2.48. The van der Waals surface area contributed by atoms with Gasteiger partial charge in [0.05, 0.1) is 18.4 Å². The van der Waals surface area contributed by atoms with Gasteiger partial charge in [-0.1, -0.05) is 12.1 Å². The van der Waals surface area contributed by atoms with Crippen molar-refractivity contribution in [1.82, 2.24) is 4.31 Å². The summed E-state index contributed by atoms with van der Waals surface area (Å²) in [5.74, 6) is -1.60. The first-order valence-corrected chi connectivity index (χ1v) is 11.4. The molecule has 0 aliphatic carbocycles. The van der Waals surface area contributed by atoms with E-state index < -0.39 is 28.5 Å². The van der Waals surface area contributed by atoms with Crippen molar-refractivity contribution < 1.29 is 32.3 Å². The summed E-state index contributed by atoms with van der Waals surface area (Å²) in [7, 11) is -2.49. The van der Waals surface area contributed by atoms with Crippen LogP contribution in [0.2, 0.25) is 0 Å². The molecule has 1 N–H and O–H groups in total. The van der Waals surface area contributed by atoms with Gasteiger partial charge in [-0.05, 0) is 50.1 Å². The standard InChI is InChI=1S/C22H24N2O7S/c1-15(25)17-7-3-4-8-18(17)23-21(26)14-31-22(27)16-9-10-19(30-2)20(13-16)32(28,29)24-11-5-6-12-24/h3-4,7-10,13H,5-6,11-12,14H2,1-2H3,(H,23,26). The fourth-order valence-corrected chi connectivity index (χ4v) is 5.07. The third kappa shape index (κ3) is 5.14. The van der Waals surface area contributed by atoms with Crippen LogP contribution in [0.25, 0.3) is 0 Å². The zero-order valence-corrected chi connectivity index (χ0v) is 18.6. The molecule has 1 fully saturated rings. The van der Waals surface area contributed by atoms with E-state index in [1.807, 2.05) is 0 Å². The van der Waals surface area contributed by atoms with Gasteiger partial charge in [-0.25, -0.2) is 13.2 Å². The largest absolute Gasteiger partial charge is 0.495 e. The minimum Gasteiger partial charge on any atom is -0.495 e. The Morgan fingerprint density at radius 3 is 2.41 bits per heavy atom.